The molecule has 0 N–H and O–H groups in total. The molecule has 1 fully saturated rings. The summed E-state index contributed by atoms with van der Waals surface area (Å²) in [7, 11) is 0. The van der Waals surface area contributed by atoms with Crippen LogP contribution in [-0.2, 0) is 11.3 Å². The minimum Gasteiger partial charge on any atom is -0.378 e. The summed E-state index contributed by atoms with van der Waals surface area (Å²) in [5.74, 6) is 1.68. The number of rotatable bonds is 5. The Kier molecular flexibility index (Phi) is 5.64. The van der Waals surface area contributed by atoms with Gasteiger partial charge in [0.2, 0.25) is 5.95 Å². The Labute approximate surface area is 152 Å². The predicted molar refractivity (Wildman–Crippen MR) is 98.0 cm³/mol. The molecule has 0 saturated carbocycles. The van der Waals surface area contributed by atoms with E-state index >= 15 is 0 Å². The molecule has 1 aromatic heterocycles. The van der Waals surface area contributed by atoms with Crippen LogP contribution in [0.25, 0.3) is 11.4 Å². The van der Waals surface area contributed by atoms with Crippen molar-refractivity contribution in [3.63, 3.8) is 0 Å². The van der Waals surface area contributed by atoms with Gasteiger partial charge in [-0.15, -0.1) is 10.2 Å². The van der Waals surface area contributed by atoms with Crippen molar-refractivity contribution in [3.05, 3.63) is 28.2 Å². The quantitative estimate of drug-likeness (QED) is 0.789. The minimum atomic E-state index is 0.356. The third-order valence-corrected chi connectivity index (χ3v) is 4.89. The second kappa shape index (κ2) is 7.72. The highest BCUT2D eigenvalue weighted by Crippen LogP contribution is 2.31. The van der Waals surface area contributed by atoms with Crippen LogP contribution in [0.2, 0.25) is 10.0 Å². The summed E-state index contributed by atoms with van der Waals surface area (Å²) in [6.45, 7) is 7.54. The maximum atomic E-state index is 6.35. The van der Waals surface area contributed by atoms with Crippen molar-refractivity contribution in [2.45, 2.75) is 39.3 Å². The second-order valence-corrected chi connectivity index (χ2v) is 6.68. The van der Waals surface area contributed by atoms with E-state index in [1.54, 1.807) is 6.07 Å². The van der Waals surface area contributed by atoms with Gasteiger partial charge in [-0.2, -0.15) is 0 Å². The number of halogens is 2. The first kappa shape index (κ1) is 17.5. The monoisotopic (exact) mass is 368 g/mol. The molecule has 0 bridgehead atoms. The van der Waals surface area contributed by atoms with E-state index in [-0.39, 0.29) is 0 Å². The molecular formula is C17H22Cl2N4O. The predicted octanol–water partition coefficient (Wildman–Crippen LogP) is 4.28. The molecule has 1 aliphatic rings. The maximum Gasteiger partial charge on any atom is 0.227 e. The van der Waals surface area contributed by atoms with Crippen LogP contribution in [0.5, 0.6) is 0 Å². The van der Waals surface area contributed by atoms with Gasteiger partial charge in [-0.05, 0) is 44.9 Å². The highest BCUT2D eigenvalue weighted by atomic mass is 35.5. The van der Waals surface area contributed by atoms with Gasteiger partial charge >= 0.3 is 0 Å². The van der Waals surface area contributed by atoms with Crippen LogP contribution in [0.3, 0.4) is 0 Å². The van der Waals surface area contributed by atoms with E-state index in [0.29, 0.717) is 16.1 Å². The molecule has 0 amide bonds. The van der Waals surface area contributed by atoms with Crippen molar-refractivity contribution in [3.8, 4) is 11.4 Å². The summed E-state index contributed by atoms with van der Waals surface area (Å²) in [4.78, 5) is 2.28. The molecule has 2 aromatic rings. The summed E-state index contributed by atoms with van der Waals surface area (Å²) in [6, 6.07) is 5.46. The molecule has 0 unspecified atom stereocenters. The van der Waals surface area contributed by atoms with E-state index < -0.39 is 0 Å². The van der Waals surface area contributed by atoms with E-state index in [4.69, 9.17) is 27.9 Å². The fourth-order valence-electron chi connectivity index (χ4n) is 3.15. The zero-order valence-electron chi connectivity index (χ0n) is 14.0. The first-order valence-corrected chi connectivity index (χ1v) is 9.14. The average molecular weight is 369 g/mol. The molecule has 2 heterocycles. The van der Waals surface area contributed by atoms with Gasteiger partial charge in [0.1, 0.15) is 0 Å². The average Bonchev–Trinajstić information content (AvgIpc) is 2.99. The minimum absolute atomic E-state index is 0.356. The Morgan fingerprint density at radius 1 is 1.17 bits per heavy atom. The van der Waals surface area contributed by atoms with Crippen molar-refractivity contribution in [2.24, 2.45) is 0 Å². The van der Waals surface area contributed by atoms with Crippen molar-refractivity contribution in [2.75, 3.05) is 24.6 Å². The molecule has 3 rings (SSSR count). The van der Waals surface area contributed by atoms with E-state index in [9.17, 15) is 0 Å². The SMILES string of the molecule is CCOC1CCN(c2nnc(-c3ccc(Cl)cc3Cl)n2CC)CC1. The highest BCUT2D eigenvalue weighted by molar-refractivity contribution is 6.36. The number of aromatic nitrogens is 3. The Morgan fingerprint density at radius 3 is 2.54 bits per heavy atom. The van der Waals surface area contributed by atoms with Crippen LogP contribution >= 0.6 is 23.2 Å². The Morgan fingerprint density at radius 2 is 1.92 bits per heavy atom. The smallest absolute Gasteiger partial charge is 0.227 e. The first-order valence-electron chi connectivity index (χ1n) is 8.39. The molecule has 7 heteroatoms. The molecule has 0 spiro atoms. The molecule has 130 valence electrons. The van der Waals surface area contributed by atoms with Crippen LogP contribution in [0.1, 0.15) is 26.7 Å². The summed E-state index contributed by atoms with van der Waals surface area (Å²) in [5, 5.41) is 10.0. The Balaban J connectivity index is 1.85. The summed E-state index contributed by atoms with van der Waals surface area (Å²) in [6.07, 6.45) is 2.39. The van der Waals surface area contributed by atoms with Gasteiger partial charge in [-0.1, -0.05) is 23.2 Å². The first-order chi connectivity index (χ1) is 11.6. The van der Waals surface area contributed by atoms with Gasteiger partial charge in [-0.25, -0.2) is 0 Å². The zero-order valence-corrected chi connectivity index (χ0v) is 15.5. The lowest BCUT2D eigenvalue weighted by molar-refractivity contribution is 0.0456. The number of piperidine rings is 1. The van der Waals surface area contributed by atoms with Gasteiger partial charge in [0.15, 0.2) is 5.82 Å². The van der Waals surface area contributed by atoms with Crippen molar-refractivity contribution >= 4 is 29.2 Å². The molecule has 0 aliphatic carbocycles. The normalized spacial score (nSPS) is 15.9. The Hall–Kier alpha value is -1.30. The standard InChI is InChI=1S/C17H22Cl2N4O/c1-3-23-16(14-6-5-12(18)11-15(14)19)20-21-17(23)22-9-7-13(8-10-22)24-4-2/h5-6,11,13H,3-4,7-10H2,1-2H3. The van der Waals surface area contributed by atoms with Crippen LogP contribution in [0, 0.1) is 0 Å². The van der Waals surface area contributed by atoms with Crippen LogP contribution < -0.4 is 4.90 Å². The number of anilines is 1. The summed E-state index contributed by atoms with van der Waals surface area (Å²) >= 11 is 12.3. The van der Waals surface area contributed by atoms with Crippen LogP contribution in [0.4, 0.5) is 5.95 Å². The van der Waals surface area contributed by atoms with Gasteiger partial charge in [-0.3, -0.25) is 4.57 Å². The van der Waals surface area contributed by atoms with Gasteiger partial charge in [0.25, 0.3) is 0 Å². The maximum absolute atomic E-state index is 6.35. The van der Waals surface area contributed by atoms with E-state index in [1.807, 2.05) is 19.1 Å². The number of ether oxygens (including phenoxy) is 1. The van der Waals surface area contributed by atoms with Crippen LogP contribution in [-0.4, -0.2) is 40.6 Å². The van der Waals surface area contributed by atoms with Crippen molar-refractivity contribution in [1.82, 2.24) is 14.8 Å². The lowest BCUT2D eigenvalue weighted by Crippen LogP contribution is -2.38. The lowest BCUT2D eigenvalue weighted by Gasteiger charge is -2.32. The number of hydrogen-bond acceptors (Lipinski definition) is 4. The number of nitrogens with zero attached hydrogens (tertiary/aromatic N) is 4. The molecule has 0 radical (unpaired) electrons. The third-order valence-electron chi connectivity index (χ3n) is 4.35. The molecule has 1 aliphatic heterocycles. The summed E-state index contributed by atoms with van der Waals surface area (Å²) < 4.78 is 7.83. The largest absolute Gasteiger partial charge is 0.378 e. The molecule has 5 nitrogen and oxygen atoms in total. The fourth-order valence-corrected chi connectivity index (χ4v) is 3.64. The van der Waals surface area contributed by atoms with Crippen molar-refractivity contribution in [1.29, 1.82) is 0 Å². The van der Waals surface area contributed by atoms with Crippen molar-refractivity contribution < 1.29 is 4.74 Å². The molecular weight excluding hydrogens is 347 g/mol. The Bertz CT molecular complexity index is 696. The van der Waals surface area contributed by atoms with E-state index in [1.165, 1.54) is 0 Å². The fraction of sp³-hybridized carbons (Fsp3) is 0.529. The van der Waals surface area contributed by atoms with Gasteiger partial charge < -0.3 is 9.64 Å². The van der Waals surface area contributed by atoms with E-state index in [2.05, 4.69) is 26.6 Å². The molecule has 1 saturated heterocycles. The summed E-state index contributed by atoms with van der Waals surface area (Å²) in [5.41, 5.74) is 0.853. The second-order valence-electron chi connectivity index (χ2n) is 5.83. The van der Waals surface area contributed by atoms with Gasteiger partial charge in [0, 0.05) is 36.8 Å². The van der Waals surface area contributed by atoms with E-state index in [0.717, 1.165) is 56.4 Å². The molecule has 0 atom stereocenters. The molecule has 24 heavy (non-hydrogen) atoms. The highest BCUT2D eigenvalue weighted by Gasteiger charge is 2.25. The molecule has 1 aromatic carbocycles. The third kappa shape index (κ3) is 3.53. The van der Waals surface area contributed by atoms with Gasteiger partial charge in [0.05, 0.1) is 11.1 Å². The number of hydrogen-bond donors (Lipinski definition) is 0. The van der Waals surface area contributed by atoms with Crippen LogP contribution in [0.15, 0.2) is 18.2 Å². The lowest BCUT2D eigenvalue weighted by atomic mass is 10.1. The number of benzene rings is 1. The topological polar surface area (TPSA) is 43.2 Å². The zero-order chi connectivity index (χ0) is 17.1.